The number of H-pyrrole nitrogens is 1. The van der Waals surface area contributed by atoms with Gasteiger partial charge in [-0.05, 0) is 24.3 Å². The van der Waals surface area contributed by atoms with E-state index in [1.165, 1.54) is 11.8 Å². The molecule has 2 heterocycles. The number of anilines is 2. The Bertz CT molecular complexity index is 952. The molecule has 0 radical (unpaired) electrons. The lowest BCUT2D eigenvalue weighted by molar-refractivity contribution is 1.18. The average Bonchev–Trinajstić information content (AvgIpc) is 2.49. The van der Waals surface area contributed by atoms with E-state index in [4.69, 9.17) is 23.2 Å². The molecule has 0 atom stereocenters. The summed E-state index contributed by atoms with van der Waals surface area (Å²) >= 11 is 13.9. The van der Waals surface area contributed by atoms with Crippen LogP contribution in [0.25, 0.3) is 10.9 Å². The number of aromatic nitrogens is 1. The quantitative estimate of drug-likeness (QED) is 0.473. The summed E-state index contributed by atoms with van der Waals surface area (Å²) in [5, 5.41) is 5.07. The molecule has 1 aliphatic rings. The molecule has 0 amide bonds. The van der Waals surface area contributed by atoms with Crippen LogP contribution in [0.1, 0.15) is 0 Å². The van der Waals surface area contributed by atoms with Gasteiger partial charge in [-0.25, -0.2) is 0 Å². The van der Waals surface area contributed by atoms with E-state index < -0.39 is 0 Å². The molecule has 0 spiro atoms. The highest BCUT2D eigenvalue weighted by molar-refractivity contribution is 7.99. The molecule has 0 unspecified atom stereocenters. The number of benzene rings is 2. The monoisotopic (exact) mass is 334 g/mol. The first kappa shape index (κ1) is 13.1. The predicted octanol–water partition coefficient (Wildman–Crippen LogP) is 5.04. The molecule has 3 aromatic rings. The first-order valence-corrected chi connectivity index (χ1v) is 7.80. The van der Waals surface area contributed by atoms with Crippen LogP contribution in [0.15, 0.2) is 51.0 Å². The number of halogens is 2. The molecule has 1 aliphatic heterocycles. The lowest BCUT2D eigenvalue weighted by atomic mass is 10.1. The van der Waals surface area contributed by atoms with Gasteiger partial charge in [-0.3, -0.25) is 4.79 Å². The highest BCUT2D eigenvalue weighted by Gasteiger charge is 2.23. The Morgan fingerprint density at radius 1 is 1.00 bits per heavy atom. The summed E-state index contributed by atoms with van der Waals surface area (Å²) in [6, 6.07) is 11.2. The van der Waals surface area contributed by atoms with Crippen LogP contribution in [-0.4, -0.2) is 4.98 Å². The maximum atomic E-state index is 12.3. The number of para-hydroxylation sites is 1. The van der Waals surface area contributed by atoms with E-state index in [0.717, 1.165) is 16.0 Å². The van der Waals surface area contributed by atoms with Crippen LogP contribution < -0.4 is 10.9 Å². The fourth-order valence-corrected chi connectivity index (χ4v) is 3.89. The molecular weight excluding hydrogens is 327 g/mol. The maximum Gasteiger partial charge on any atom is 0.264 e. The van der Waals surface area contributed by atoms with E-state index in [-0.39, 0.29) is 5.56 Å². The highest BCUT2D eigenvalue weighted by atomic mass is 35.5. The van der Waals surface area contributed by atoms with E-state index in [1.54, 1.807) is 12.1 Å². The molecule has 21 heavy (non-hydrogen) atoms. The van der Waals surface area contributed by atoms with Crippen molar-refractivity contribution in [1.82, 2.24) is 4.98 Å². The Balaban J connectivity index is 2.10. The van der Waals surface area contributed by atoms with E-state index in [9.17, 15) is 4.79 Å². The molecule has 3 nitrogen and oxygen atoms in total. The lowest BCUT2D eigenvalue weighted by Crippen LogP contribution is -2.14. The first-order valence-electron chi connectivity index (χ1n) is 6.23. The van der Waals surface area contributed by atoms with Gasteiger partial charge in [0.15, 0.2) is 0 Å². The van der Waals surface area contributed by atoms with Gasteiger partial charge < -0.3 is 10.3 Å². The molecule has 1 aromatic heterocycles. The van der Waals surface area contributed by atoms with Gasteiger partial charge in [0.05, 0.1) is 26.9 Å². The van der Waals surface area contributed by atoms with Crippen molar-refractivity contribution in [3.63, 3.8) is 0 Å². The summed E-state index contributed by atoms with van der Waals surface area (Å²) in [6.07, 6.45) is 0. The number of pyridine rings is 1. The molecule has 6 heteroatoms. The third kappa shape index (κ3) is 1.94. The predicted molar refractivity (Wildman–Crippen MR) is 88.4 cm³/mol. The SMILES string of the molecule is O=c1[nH]c2c(Cl)ccc(Cl)c2c2c1Sc1ccccc1N2. The fourth-order valence-electron chi connectivity index (χ4n) is 2.44. The van der Waals surface area contributed by atoms with Crippen molar-refractivity contribution < 1.29 is 0 Å². The minimum Gasteiger partial charge on any atom is -0.353 e. The van der Waals surface area contributed by atoms with Gasteiger partial charge in [-0.2, -0.15) is 0 Å². The number of hydrogen-bond acceptors (Lipinski definition) is 3. The van der Waals surface area contributed by atoms with Gasteiger partial charge in [0, 0.05) is 10.3 Å². The second kappa shape index (κ2) is 4.70. The summed E-state index contributed by atoms with van der Waals surface area (Å²) in [5.41, 5.74) is 2.05. The highest BCUT2D eigenvalue weighted by Crippen LogP contribution is 2.46. The van der Waals surface area contributed by atoms with Crippen LogP contribution in [0.2, 0.25) is 10.0 Å². The number of rotatable bonds is 0. The first-order chi connectivity index (χ1) is 10.1. The second-order valence-corrected chi connectivity index (χ2v) is 6.53. The number of nitrogens with one attached hydrogen (secondary N) is 2. The third-order valence-corrected chi connectivity index (χ3v) is 5.18. The van der Waals surface area contributed by atoms with Crippen LogP contribution in [0.4, 0.5) is 11.4 Å². The molecule has 2 N–H and O–H groups in total. The summed E-state index contributed by atoms with van der Waals surface area (Å²) in [4.78, 5) is 16.8. The largest absolute Gasteiger partial charge is 0.353 e. The van der Waals surface area contributed by atoms with Crippen LogP contribution in [0.5, 0.6) is 0 Å². The maximum absolute atomic E-state index is 12.3. The Kier molecular flexibility index (Phi) is 2.92. The van der Waals surface area contributed by atoms with Gasteiger partial charge in [0.2, 0.25) is 0 Å². The Morgan fingerprint density at radius 3 is 2.62 bits per heavy atom. The van der Waals surface area contributed by atoms with Crippen LogP contribution in [-0.2, 0) is 0 Å². The minimum atomic E-state index is -0.173. The number of hydrogen-bond donors (Lipinski definition) is 2. The molecule has 0 saturated carbocycles. The zero-order valence-electron chi connectivity index (χ0n) is 10.5. The van der Waals surface area contributed by atoms with Gasteiger partial charge in [0.25, 0.3) is 5.56 Å². The van der Waals surface area contributed by atoms with Crippen molar-refractivity contribution >= 4 is 57.2 Å². The van der Waals surface area contributed by atoms with Gasteiger partial charge in [-0.15, -0.1) is 0 Å². The summed E-state index contributed by atoms with van der Waals surface area (Å²) < 4.78 is 0. The molecule has 2 aromatic carbocycles. The fraction of sp³-hybridized carbons (Fsp3) is 0. The van der Waals surface area contributed by atoms with E-state index in [2.05, 4.69) is 10.3 Å². The van der Waals surface area contributed by atoms with Crippen molar-refractivity contribution in [3.8, 4) is 0 Å². The third-order valence-electron chi connectivity index (χ3n) is 3.38. The second-order valence-electron chi connectivity index (χ2n) is 4.66. The molecule has 0 bridgehead atoms. The molecule has 0 fully saturated rings. The summed E-state index contributed by atoms with van der Waals surface area (Å²) in [7, 11) is 0. The topological polar surface area (TPSA) is 44.9 Å². The van der Waals surface area contributed by atoms with Crippen molar-refractivity contribution in [2.75, 3.05) is 5.32 Å². The van der Waals surface area contributed by atoms with Crippen molar-refractivity contribution in [3.05, 3.63) is 56.8 Å². The Morgan fingerprint density at radius 2 is 1.76 bits per heavy atom. The van der Waals surface area contributed by atoms with E-state index in [0.29, 0.717) is 26.1 Å². The van der Waals surface area contributed by atoms with Crippen molar-refractivity contribution in [1.29, 1.82) is 0 Å². The standard InChI is InChI=1S/C15H8Cl2N2OS/c16-7-5-6-8(17)12-11(7)13-14(15(20)19-12)21-10-4-2-1-3-9(10)18-13/h1-6,18H,(H,19,20). The van der Waals surface area contributed by atoms with E-state index >= 15 is 0 Å². The summed E-state index contributed by atoms with van der Waals surface area (Å²) in [5.74, 6) is 0. The molecule has 0 saturated heterocycles. The number of fused-ring (bicyclic) bond motifs is 4. The zero-order valence-corrected chi connectivity index (χ0v) is 12.9. The lowest BCUT2D eigenvalue weighted by Gasteiger charge is -2.22. The molecule has 4 rings (SSSR count). The zero-order chi connectivity index (χ0) is 14.6. The van der Waals surface area contributed by atoms with Gasteiger partial charge >= 0.3 is 0 Å². The van der Waals surface area contributed by atoms with E-state index in [1.807, 2.05) is 24.3 Å². The summed E-state index contributed by atoms with van der Waals surface area (Å²) in [6.45, 7) is 0. The smallest absolute Gasteiger partial charge is 0.264 e. The van der Waals surface area contributed by atoms with Crippen molar-refractivity contribution in [2.24, 2.45) is 0 Å². The Hall–Kier alpha value is -1.62. The minimum absolute atomic E-state index is 0.173. The van der Waals surface area contributed by atoms with Crippen LogP contribution in [0.3, 0.4) is 0 Å². The Labute approximate surface area is 134 Å². The molecular formula is C15H8Cl2N2OS. The van der Waals surface area contributed by atoms with Gasteiger partial charge in [0.1, 0.15) is 4.90 Å². The van der Waals surface area contributed by atoms with Crippen LogP contribution >= 0.6 is 35.0 Å². The molecule has 104 valence electrons. The van der Waals surface area contributed by atoms with Gasteiger partial charge in [-0.1, -0.05) is 47.1 Å². The normalized spacial score (nSPS) is 12.7. The molecule has 0 aliphatic carbocycles. The number of aromatic amines is 1. The van der Waals surface area contributed by atoms with Crippen LogP contribution in [0, 0.1) is 0 Å². The average molecular weight is 335 g/mol. The van der Waals surface area contributed by atoms with Crippen molar-refractivity contribution in [2.45, 2.75) is 9.79 Å².